The summed E-state index contributed by atoms with van der Waals surface area (Å²) in [4.78, 5) is 23.3. The summed E-state index contributed by atoms with van der Waals surface area (Å²) in [7, 11) is 0. The molecule has 3 rings (SSSR count). The molecule has 1 saturated heterocycles. The van der Waals surface area contributed by atoms with E-state index in [1.807, 2.05) is 30.3 Å². The number of rotatable bonds is 4. The zero-order valence-corrected chi connectivity index (χ0v) is 14.1. The van der Waals surface area contributed by atoms with Gasteiger partial charge >= 0.3 is 6.18 Å². The smallest absolute Gasteiger partial charge is 0.339 e. The molecule has 138 valence electrons. The highest BCUT2D eigenvalue weighted by Gasteiger charge is 2.33. The number of hydrogen-bond donors (Lipinski definition) is 0. The maximum Gasteiger partial charge on any atom is 0.433 e. The van der Waals surface area contributed by atoms with E-state index in [0.29, 0.717) is 39.0 Å². The Kier molecular flexibility index (Phi) is 5.39. The molecule has 26 heavy (non-hydrogen) atoms. The van der Waals surface area contributed by atoms with Gasteiger partial charge in [0.15, 0.2) is 0 Å². The fourth-order valence-corrected chi connectivity index (χ4v) is 2.87. The maximum atomic E-state index is 12.8. The number of anilines is 1. The van der Waals surface area contributed by atoms with Crippen molar-refractivity contribution in [2.75, 3.05) is 31.1 Å². The molecular formula is C18H19F3N4O. The first-order valence-corrected chi connectivity index (χ1v) is 8.40. The molecule has 2 heterocycles. The summed E-state index contributed by atoms with van der Waals surface area (Å²) in [5.41, 5.74) is 0.153. The molecule has 0 bridgehead atoms. The number of carbonyl (C=O) groups is 1. The van der Waals surface area contributed by atoms with E-state index in [9.17, 15) is 18.0 Å². The number of piperazine rings is 1. The molecule has 0 aliphatic carbocycles. The third-order valence-corrected chi connectivity index (χ3v) is 4.32. The first-order chi connectivity index (χ1) is 12.4. The minimum absolute atomic E-state index is 0.0520. The summed E-state index contributed by atoms with van der Waals surface area (Å²) in [6.45, 7) is 1.73. The van der Waals surface area contributed by atoms with Crippen LogP contribution in [-0.2, 0) is 17.4 Å². The van der Waals surface area contributed by atoms with Crippen LogP contribution < -0.4 is 4.90 Å². The first kappa shape index (κ1) is 18.2. The largest absolute Gasteiger partial charge is 0.433 e. The van der Waals surface area contributed by atoms with Crippen molar-refractivity contribution >= 4 is 11.9 Å². The number of carbonyl (C=O) groups excluding carboxylic acids is 1. The van der Waals surface area contributed by atoms with Crippen molar-refractivity contribution in [2.45, 2.75) is 19.0 Å². The van der Waals surface area contributed by atoms with Crippen molar-refractivity contribution < 1.29 is 18.0 Å². The van der Waals surface area contributed by atoms with E-state index in [2.05, 4.69) is 9.97 Å². The lowest BCUT2D eigenvalue weighted by atomic mass is 10.1. The molecule has 1 aliphatic heterocycles. The number of aromatic nitrogens is 2. The van der Waals surface area contributed by atoms with Crippen LogP contribution in [0.15, 0.2) is 42.6 Å². The van der Waals surface area contributed by atoms with E-state index in [-0.39, 0.29) is 11.9 Å². The lowest BCUT2D eigenvalue weighted by Gasteiger charge is -2.35. The fourth-order valence-electron chi connectivity index (χ4n) is 2.87. The second kappa shape index (κ2) is 7.72. The Morgan fingerprint density at radius 1 is 1.04 bits per heavy atom. The molecule has 0 spiro atoms. The molecule has 2 aromatic rings. The lowest BCUT2D eigenvalue weighted by Crippen LogP contribution is -2.49. The monoisotopic (exact) mass is 364 g/mol. The molecule has 1 aliphatic rings. The quantitative estimate of drug-likeness (QED) is 0.837. The molecule has 0 N–H and O–H groups in total. The highest BCUT2D eigenvalue weighted by Crippen LogP contribution is 2.28. The number of nitrogens with zero attached hydrogens (tertiary/aromatic N) is 4. The average Bonchev–Trinajstić information content (AvgIpc) is 2.66. The molecule has 0 radical (unpaired) electrons. The van der Waals surface area contributed by atoms with Gasteiger partial charge < -0.3 is 9.80 Å². The van der Waals surface area contributed by atoms with Gasteiger partial charge in [0, 0.05) is 38.8 Å². The van der Waals surface area contributed by atoms with Gasteiger partial charge in [-0.2, -0.15) is 13.2 Å². The number of hydrogen-bond acceptors (Lipinski definition) is 4. The van der Waals surface area contributed by atoms with Gasteiger partial charge in [-0.15, -0.1) is 0 Å². The third kappa shape index (κ3) is 4.50. The Labute approximate surface area is 149 Å². The second-order valence-corrected chi connectivity index (χ2v) is 6.09. The van der Waals surface area contributed by atoms with Crippen LogP contribution in [-0.4, -0.2) is 47.0 Å². The molecule has 0 saturated carbocycles. The van der Waals surface area contributed by atoms with Gasteiger partial charge in [0.2, 0.25) is 11.9 Å². The molecule has 1 fully saturated rings. The van der Waals surface area contributed by atoms with Crippen LogP contribution in [0.4, 0.5) is 19.1 Å². The van der Waals surface area contributed by atoms with Crippen molar-refractivity contribution in [2.24, 2.45) is 0 Å². The van der Waals surface area contributed by atoms with Crippen LogP contribution in [0, 0.1) is 0 Å². The number of alkyl halides is 3. The zero-order chi connectivity index (χ0) is 18.6. The topological polar surface area (TPSA) is 49.3 Å². The Morgan fingerprint density at radius 2 is 1.73 bits per heavy atom. The summed E-state index contributed by atoms with van der Waals surface area (Å²) in [5.74, 6) is 0.106. The Morgan fingerprint density at radius 3 is 2.38 bits per heavy atom. The van der Waals surface area contributed by atoms with Gasteiger partial charge in [0.05, 0.1) is 0 Å². The van der Waals surface area contributed by atoms with E-state index in [1.54, 1.807) is 9.80 Å². The van der Waals surface area contributed by atoms with E-state index in [0.717, 1.165) is 17.8 Å². The molecule has 1 aromatic heterocycles. The van der Waals surface area contributed by atoms with Gasteiger partial charge in [0.1, 0.15) is 5.69 Å². The Bertz CT molecular complexity index is 744. The summed E-state index contributed by atoms with van der Waals surface area (Å²) in [5, 5.41) is 0. The van der Waals surface area contributed by atoms with Gasteiger partial charge in [-0.25, -0.2) is 9.97 Å². The summed E-state index contributed by atoms with van der Waals surface area (Å²) >= 11 is 0. The molecule has 0 unspecified atom stereocenters. The Hall–Kier alpha value is -2.64. The standard InChI is InChI=1S/C18H19F3N4O/c19-18(20,21)15-8-9-22-17(23-15)25-12-10-24(11-13-25)16(26)7-6-14-4-2-1-3-5-14/h1-5,8-9H,6-7,10-13H2. The Balaban J connectivity index is 1.53. The zero-order valence-electron chi connectivity index (χ0n) is 14.1. The highest BCUT2D eigenvalue weighted by molar-refractivity contribution is 5.76. The summed E-state index contributed by atoms with van der Waals surface area (Å²) in [6, 6.07) is 10.6. The first-order valence-electron chi connectivity index (χ1n) is 8.40. The molecule has 1 aromatic carbocycles. The third-order valence-electron chi connectivity index (χ3n) is 4.32. The van der Waals surface area contributed by atoms with Gasteiger partial charge in [-0.1, -0.05) is 30.3 Å². The molecule has 5 nitrogen and oxygen atoms in total. The minimum Gasteiger partial charge on any atom is -0.339 e. The van der Waals surface area contributed by atoms with Gasteiger partial charge in [0.25, 0.3) is 0 Å². The predicted molar refractivity (Wildman–Crippen MR) is 90.6 cm³/mol. The van der Waals surface area contributed by atoms with Crippen LogP contribution >= 0.6 is 0 Å². The van der Waals surface area contributed by atoms with E-state index in [1.165, 1.54) is 0 Å². The van der Waals surface area contributed by atoms with Crippen molar-refractivity contribution in [3.63, 3.8) is 0 Å². The number of halogens is 3. The minimum atomic E-state index is -4.49. The van der Waals surface area contributed by atoms with Crippen molar-refractivity contribution in [3.8, 4) is 0 Å². The molecule has 8 heteroatoms. The SMILES string of the molecule is O=C(CCc1ccccc1)N1CCN(c2nccc(C(F)(F)F)n2)CC1. The number of aryl methyl sites for hydroxylation is 1. The van der Waals surface area contributed by atoms with Gasteiger partial charge in [-0.05, 0) is 18.1 Å². The molecule has 1 amide bonds. The maximum absolute atomic E-state index is 12.8. The van der Waals surface area contributed by atoms with Crippen LogP contribution in [0.2, 0.25) is 0 Å². The van der Waals surface area contributed by atoms with Crippen LogP contribution in [0.3, 0.4) is 0 Å². The summed E-state index contributed by atoms with van der Waals surface area (Å²) in [6.07, 6.45) is -2.28. The van der Waals surface area contributed by atoms with Crippen molar-refractivity contribution in [3.05, 3.63) is 53.9 Å². The highest BCUT2D eigenvalue weighted by atomic mass is 19.4. The lowest BCUT2D eigenvalue weighted by molar-refractivity contribution is -0.141. The van der Waals surface area contributed by atoms with Crippen LogP contribution in [0.1, 0.15) is 17.7 Å². The fraction of sp³-hybridized carbons (Fsp3) is 0.389. The van der Waals surface area contributed by atoms with E-state index < -0.39 is 11.9 Å². The van der Waals surface area contributed by atoms with Crippen molar-refractivity contribution in [1.29, 1.82) is 0 Å². The summed E-state index contributed by atoms with van der Waals surface area (Å²) < 4.78 is 38.3. The van der Waals surface area contributed by atoms with Crippen molar-refractivity contribution in [1.82, 2.24) is 14.9 Å². The normalized spacial score (nSPS) is 15.2. The van der Waals surface area contributed by atoms with E-state index >= 15 is 0 Å². The molecule has 0 atom stereocenters. The number of amides is 1. The predicted octanol–water partition coefficient (Wildman–Crippen LogP) is 2.78. The van der Waals surface area contributed by atoms with Crippen LogP contribution in [0.25, 0.3) is 0 Å². The van der Waals surface area contributed by atoms with Crippen LogP contribution in [0.5, 0.6) is 0 Å². The number of benzene rings is 1. The molecular weight excluding hydrogens is 345 g/mol. The second-order valence-electron chi connectivity index (χ2n) is 6.09. The average molecular weight is 364 g/mol. The van der Waals surface area contributed by atoms with Gasteiger partial charge in [-0.3, -0.25) is 4.79 Å². The van der Waals surface area contributed by atoms with E-state index in [4.69, 9.17) is 0 Å².